The number of nitrogens with one attached hydrogen (secondary N) is 1. The Morgan fingerprint density at radius 1 is 1.11 bits per heavy atom. The van der Waals surface area contributed by atoms with E-state index in [2.05, 4.69) is 5.32 Å². The Kier molecular flexibility index (Phi) is 7.49. The van der Waals surface area contributed by atoms with Crippen molar-refractivity contribution < 1.29 is 23.8 Å². The molecule has 0 aliphatic heterocycles. The Labute approximate surface area is 163 Å². The largest absolute Gasteiger partial charge is 0.493 e. The van der Waals surface area contributed by atoms with Crippen molar-refractivity contribution in [2.24, 2.45) is 0 Å². The molecule has 1 N–H and O–H groups in total. The molecule has 0 saturated carbocycles. The van der Waals surface area contributed by atoms with E-state index < -0.39 is 11.9 Å². The van der Waals surface area contributed by atoms with E-state index in [1.54, 1.807) is 38.1 Å². The zero-order valence-electron chi connectivity index (χ0n) is 15.5. The Balaban J connectivity index is 2.01. The van der Waals surface area contributed by atoms with Crippen LogP contribution in [0.4, 0.5) is 0 Å². The highest BCUT2D eigenvalue weighted by molar-refractivity contribution is 6.31. The fourth-order valence-corrected chi connectivity index (χ4v) is 2.45. The van der Waals surface area contributed by atoms with Crippen LogP contribution in [0.3, 0.4) is 0 Å². The molecule has 0 heterocycles. The number of amides is 1. The number of carbonyl (C=O) groups excluding carboxylic acids is 2. The molecule has 27 heavy (non-hydrogen) atoms. The fraction of sp³-hybridized carbons (Fsp3) is 0.300. The van der Waals surface area contributed by atoms with Crippen molar-refractivity contribution in [3.63, 3.8) is 0 Å². The van der Waals surface area contributed by atoms with Gasteiger partial charge in [-0.25, -0.2) is 0 Å². The topological polar surface area (TPSA) is 73.9 Å². The minimum absolute atomic E-state index is 0.204. The normalized spacial score (nSPS) is 10.4. The van der Waals surface area contributed by atoms with E-state index in [1.807, 2.05) is 18.2 Å². The highest BCUT2D eigenvalue weighted by Gasteiger charge is 2.14. The van der Waals surface area contributed by atoms with Gasteiger partial charge in [0.2, 0.25) is 0 Å². The van der Waals surface area contributed by atoms with Gasteiger partial charge in [0, 0.05) is 16.1 Å². The molecule has 0 atom stereocenters. The van der Waals surface area contributed by atoms with E-state index in [4.69, 9.17) is 25.8 Å². The van der Waals surface area contributed by atoms with E-state index in [9.17, 15) is 9.59 Å². The van der Waals surface area contributed by atoms with Crippen LogP contribution in [-0.2, 0) is 16.1 Å². The van der Waals surface area contributed by atoms with Crippen LogP contribution in [0.5, 0.6) is 11.5 Å². The lowest BCUT2D eigenvalue weighted by Crippen LogP contribution is -2.31. The number of halogens is 1. The van der Waals surface area contributed by atoms with Crippen LogP contribution in [0.15, 0.2) is 42.5 Å². The second-order valence-corrected chi connectivity index (χ2v) is 6.37. The molecular formula is C20H22ClNO5. The molecule has 0 bridgehead atoms. The zero-order valence-corrected chi connectivity index (χ0v) is 16.2. The molecule has 1 amide bonds. The lowest BCUT2D eigenvalue weighted by atomic mass is 10.2. The van der Waals surface area contributed by atoms with Crippen LogP contribution < -0.4 is 14.8 Å². The first-order valence-corrected chi connectivity index (χ1v) is 8.80. The lowest BCUT2D eigenvalue weighted by Gasteiger charge is -2.13. The predicted octanol–water partition coefficient (Wildman–Crippen LogP) is 3.61. The minimum atomic E-state index is -0.495. The van der Waals surface area contributed by atoms with Crippen molar-refractivity contribution in [1.29, 1.82) is 0 Å². The Bertz CT molecular complexity index is 807. The van der Waals surface area contributed by atoms with Crippen molar-refractivity contribution in [3.8, 4) is 11.5 Å². The second kappa shape index (κ2) is 9.83. The third-order valence-electron chi connectivity index (χ3n) is 3.53. The summed E-state index contributed by atoms with van der Waals surface area (Å²) >= 11 is 6.12. The smallest absolute Gasteiger partial charge is 0.325 e. The number of hydrogen-bond donors (Lipinski definition) is 1. The average molecular weight is 392 g/mol. The summed E-state index contributed by atoms with van der Waals surface area (Å²) in [4.78, 5) is 23.7. The molecule has 7 heteroatoms. The molecule has 2 aromatic rings. The van der Waals surface area contributed by atoms with Gasteiger partial charge in [0.1, 0.15) is 13.2 Å². The molecule has 2 aromatic carbocycles. The summed E-state index contributed by atoms with van der Waals surface area (Å²) in [5, 5.41) is 3.12. The van der Waals surface area contributed by atoms with Gasteiger partial charge in [-0.05, 0) is 38.1 Å². The standard InChI is InChI=1S/C20H22ClNO5/c1-13(2)27-19(23)11-22-20(24)14-8-9-17(18(10-14)25-3)26-12-15-6-4-5-7-16(15)21/h4-10,13H,11-12H2,1-3H3,(H,22,24). The maximum Gasteiger partial charge on any atom is 0.325 e. The fourth-order valence-electron chi connectivity index (χ4n) is 2.26. The molecule has 0 spiro atoms. The first-order valence-electron chi connectivity index (χ1n) is 8.42. The molecule has 0 aliphatic carbocycles. The number of esters is 1. The van der Waals surface area contributed by atoms with Gasteiger partial charge in [-0.2, -0.15) is 0 Å². The maximum absolute atomic E-state index is 12.2. The van der Waals surface area contributed by atoms with Crippen LogP contribution in [0, 0.1) is 0 Å². The van der Waals surface area contributed by atoms with E-state index in [-0.39, 0.29) is 19.3 Å². The summed E-state index contributed by atoms with van der Waals surface area (Å²) in [5.41, 5.74) is 1.18. The Hall–Kier alpha value is -2.73. The van der Waals surface area contributed by atoms with Gasteiger partial charge in [0.05, 0.1) is 13.2 Å². The number of rotatable bonds is 8. The second-order valence-electron chi connectivity index (χ2n) is 5.97. The van der Waals surface area contributed by atoms with Gasteiger partial charge < -0.3 is 19.5 Å². The third kappa shape index (κ3) is 6.18. The number of methoxy groups -OCH3 is 1. The molecule has 6 nitrogen and oxygen atoms in total. The van der Waals surface area contributed by atoms with E-state index in [1.165, 1.54) is 7.11 Å². The van der Waals surface area contributed by atoms with Crippen molar-refractivity contribution >= 4 is 23.5 Å². The molecular weight excluding hydrogens is 370 g/mol. The van der Waals surface area contributed by atoms with Gasteiger partial charge in [-0.3, -0.25) is 9.59 Å². The van der Waals surface area contributed by atoms with Crippen LogP contribution in [0.2, 0.25) is 5.02 Å². The average Bonchev–Trinajstić information content (AvgIpc) is 2.64. The van der Waals surface area contributed by atoms with Crippen LogP contribution in [-0.4, -0.2) is 31.6 Å². The monoisotopic (exact) mass is 391 g/mol. The van der Waals surface area contributed by atoms with E-state index in [0.29, 0.717) is 22.1 Å². The molecule has 0 unspecified atom stereocenters. The quantitative estimate of drug-likeness (QED) is 0.696. The van der Waals surface area contributed by atoms with Crippen LogP contribution >= 0.6 is 11.6 Å². The molecule has 0 radical (unpaired) electrons. The van der Waals surface area contributed by atoms with Gasteiger partial charge in [0.25, 0.3) is 5.91 Å². The van der Waals surface area contributed by atoms with Crippen LogP contribution in [0.25, 0.3) is 0 Å². The lowest BCUT2D eigenvalue weighted by molar-refractivity contribution is -0.146. The first kappa shape index (κ1) is 20.6. The number of ether oxygens (including phenoxy) is 3. The van der Waals surface area contributed by atoms with Crippen molar-refractivity contribution in [1.82, 2.24) is 5.32 Å². The summed E-state index contributed by atoms with van der Waals surface area (Å²) in [6.45, 7) is 3.55. The molecule has 2 rings (SSSR count). The molecule has 0 saturated heterocycles. The van der Waals surface area contributed by atoms with Crippen molar-refractivity contribution in [2.45, 2.75) is 26.6 Å². The zero-order chi connectivity index (χ0) is 19.8. The molecule has 0 aliphatic rings. The van der Waals surface area contributed by atoms with Crippen LogP contribution in [0.1, 0.15) is 29.8 Å². The van der Waals surface area contributed by atoms with Gasteiger partial charge in [0.15, 0.2) is 11.5 Å². The first-order chi connectivity index (χ1) is 12.9. The predicted molar refractivity (Wildman–Crippen MR) is 102 cm³/mol. The van der Waals surface area contributed by atoms with Gasteiger partial charge in [-0.1, -0.05) is 29.8 Å². The van der Waals surface area contributed by atoms with Gasteiger partial charge in [-0.15, -0.1) is 0 Å². The van der Waals surface area contributed by atoms with E-state index >= 15 is 0 Å². The summed E-state index contributed by atoms with van der Waals surface area (Å²) in [6.07, 6.45) is -0.232. The number of hydrogen-bond acceptors (Lipinski definition) is 5. The highest BCUT2D eigenvalue weighted by atomic mass is 35.5. The van der Waals surface area contributed by atoms with Crippen molar-refractivity contribution in [2.75, 3.05) is 13.7 Å². The summed E-state index contributed by atoms with van der Waals surface area (Å²) in [7, 11) is 1.49. The molecule has 0 fully saturated rings. The van der Waals surface area contributed by atoms with Crippen molar-refractivity contribution in [3.05, 3.63) is 58.6 Å². The maximum atomic E-state index is 12.2. The number of carbonyl (C=O) groups is 2. The summed E-state index contributed by atoms with van der Waals surface area (Å²) in [5.74, 6) is -0.0238. The Morgan fingerprint density at radius 3 is 2.52 bits per heavy atom. The highest BCUT2D eigenvalue weighted by Crippen LogP contribution is 2.29. The van der Waals surface area contributed by atoms with E-state index in [0.717, 1.165) is 5.56 Å². The molecule has 144 valence electrons. The van der Waals surface area contributed by atoms with Gasteiger partial charge >= 0.3 is 5.97 Å². The Morgan fingerprint density at radius 2 is 1.85 bits per heavy atom. The third-order valence-corrected chi connectivity index (χ3v) is 3.90. The SMILES string of the molecule is COc1cc(C(=O)NCC(=O)OC(C)C)ccc1OCc1ccccc1Cl. The minimum Gasteiger partial charge on any atom is -0.493 e. The summed E-state index contributed by atoms with van der Waals surface area (Å²) < 4.78 is 16.0. The molecule has 0 aromatic heterocycles. The summed E-state index contributed by atoms with van der Waals surface area (Å²) in [6, 6.07) is 12.1. The number of benzene rings is 2.